The van der Waals surface area contributed by atoms with E-state index in [-0.39, 0.29) is 23.6 Å². The molecule has 23 heavy (non-hydrogen) atoms. The SMILES string of the molecule is Cc1ccccc1CC(CO)CNC(C)c1ccc(F)c(Cl)c1. The Morgan fingerprint density at radius 2 is 1.96 bits per heavy atom. The molecule has 2 nitrogen and oxygen atoms in total. The van der Waals surface area contributed by atoms with Crippen LogP contribution in [0, 0.1) is 18.7 Å². The number of rotatable bonds is 7. The van der Waals surface area contributed by atoms with Crippen molar-refractivity contribution in [2.24, 2.45) is 5.92 Å². The zero-order valence-corrected chi connectivity index (χ0v) is 14.3. The van der Waals surface area contributed by atoms with Gasteiger partial charge in [-0.15, -0.1) is 0 Å². The number of aryl methyl sites for hydroxylation is 1. The number of aliphatic hydroxyl groups is 1. The fourth-order valence-corrected chi connectivity index (χ4v) is 2.78. The highest BCUT2D eigenvalue weighted by atomic mass is 35.5. The van der Waals surface area contributed by atoms with Crippen LogP contribution in [0.2, 0.25) is 5.02 Å². The molecule has 2 atom stereocenters. The molecule has 0 spiro atoms. The predicted molar refractivity (Wildman–Crippen MR) is 93.3 cm³/mol. The molecule has 0 amide bonds. The third-order valence-corrected chi connectivity index (χ3v) is 4.47. The maximum Gasteiger partial charge on any atom is 0.141 e. The lowest BCUT2D eigenvalue weighted by molar-refractivity contribution is 0.218. The summed E-state index contributed by atoms with van der Waals surface area (Å²) in [6.45, 7) is 4.89. The average molecular weight is 336 g/mol. The molecular weight excluding hydrogens is 313 g/mol. The summed E-state index contributed by atoms with van der Waals surface area (Å²) >= 11 is 5.83. The first kappa shape index (κ1) is 17.9. The third kappa shape index (κ3) is 5.03. The molecule has 4 heteroatoms. The van der Waals surface area contributed by atoms with Crippen molar-refractivity contribution in [3.05, 3.63) is 70.0 Å². The number of nitrogens with one attached hydrogen (secondary N) is 1. The second-order valence-electron chi connectivity index (χ2n) is 5.98. The van der Waals surface area contributed by atoms with Crippen LogP contribution in [0.25, 0.3) is 0 Å². The Hall–Kier alpha value is -1.42. The Balaban J connectivity index is 1.94. The van der Waals surface area contributed by atoms with E-state index in [1.54, 1.807) is 12.1 Å². The normalized spacial score (nSPS) is 13.8. The van der Waals surface area contributed by atoms with Crippen LogP contribution in [0.15, 0.2) is 42.5 Å². The summed E-state index contributed by atoms with van der Waals surface area (Å²) in [5.74, 6) is -0.273. The standard InChI is InChI=1S/C19H23ClFNO/c1-13-5-3-4-6-16(13)9-15(12-23)11-22-14(2)17-7-8-19(21)18(20)10-17/h3-8,10,14-15,22-23H,9,11-12H2,1-2H3. The van der Waals surface area contributed by atoms with E-state index in [0.29, 0.717) is 6.54 Å². The molecule has 0 saturated heterocycles. The average Bonchev–Trinajstić information content (AvgIpc) is 2.55. The molecule has 124 valence electrons. The van der Waals surface area contributed by atoms with Crippen LogP contribution in [-0.4, -0.2) is 18.3 Å². The molecule has 0 aliphatic heterocycles. The van der Waals surface area contributed by atoms with Crippen molar-refractivity contribution in [1.82, 2.24) is 5.32 Å². The van der Waals surface area contributed by atoms with E-state index in [2.05, 4.69) is 24.4 Å². The highest BCUT2D eigenvalue weighted by Gasteiger charge is 2.13. The van der Waals surface area contributed by atoms with Gasteiger partial charge >= 0.3 is 0 Å². The molecule has 0 fully saturated rings. The van der Waals surface area contributed by atoms with Crippen LogP contribution in [0.3, 0.4) is 0 Å². The van der Waals surface area contributed by atoms with Gasteiger partial charge in [-0.05, 0) is 55.0 Å². The van der Waals surface area contributed by atoms with Crippen LogP contribution in [0.5, 0.6) is 0 Å². The predicted octanol–water partition coefficient (Wildman–Crippen LogP) is 4.29. The first-order valence-electron chi connectivity index (χ1n) is 7.85. The fraction of sp³-hybridized carbons (Fsp3) is 0.368. The van der Waals surface area contributed by atoms with Crippen LogP contribution in [0.4, 0.5) is 4.39 Å². The maximum absolute atomic E-state index is 13.2. The van der Waals surface area contributed by atoms with Gasteiger partial charge in [0, 0.05) is 19.2 Å². The Morgan fingerprint density at radius 1 is 1.22 bits per heavy atom. The fourth-order valence-electron chi connectivity index (χ4n) is 2.59. The van der Waals surface area contributed by atoms with Gasteiger partial charge in [-0.1, -0.05) is 41.9 Å². The molecule has 2 rings (SSSR count). The molecule has 0 aromatic heterocycles. The number of benzene rings is 2. The highest BCUT2D eigenvalue weighted by molar-refractivity contribution is 6.30. The topological polar surface area (TPSA) is 32.3 Å². The number of aliphatic hydroxyl groups excluding tert-OH is 1. The Bertz CT molecular complexity index is 647. The van der Waals surface area contributed by atoms with E-state index in [0.717, 1.165) is 12.0 Å². The summed E-state index contributed by atoms with van der Waals surface area (Å²) in [5.41, 5.74) is 3.43. The van der Waals surface area contributed by atoms with Gasteiger partial charge in [0.05, 0.1) is 5.02 Å². The number of hydrogen-bond acceptors (Lipinski definition) is 2. The second kappa shape index (κ2) is 8.44. The van der Waals surface area contributed by atoms with E-state index >= 15 is 0 Å². The minimum absolute atomic E-state index is 0.0408. The zero-order chi connectivity index (χ0) is 16.8. The van der Waals surface area contributed by atoms with Gasteiger partial charge in [-0.2, -0.15) is 0 Å². The number of halogens is 2. The van der Waals surface area contributed by atoms with E-state index in [1.165, 1.54) is 17.2 Å². The molecule has 0 aliphatic carbocycles. The monoisotopic (exact) mass is 335 g/mol. The molecule has 2 unspecified atom stereocenters. The van der Waals surface area contributed by atoms with Crippen LogP contribution in [-0.2, 0) is 6.42 Å². The Labute approximate surface area is 142 Å². The zero-order valence-electron chi connectivity index (χ0n) is 13.5. The van der Waals surface area contributed by atoms with Gasteiger partial charge in [0.25, 0.3) is 0 Å². The molecule has 2 aromatic rings. The minimum atomic E-state index is -0.407. The third-order valence-electron chi connectivity index (χ3n) is 4.18. The van der Waals surface area contributed by atoms with Crippen molar-refractivity contribution in [1.29, 1.82) is 0 Å². The highest BCUT2D eigenvalue weighted by Crippen LogP contribution is 2.21. The summed E-state index contributed by atoms with van der Waals surface area (Å²) in [6.07, 6.45) is 0.826. The van der Waals surface area contributed by atoms with Gasteiger partial charge in [-0.3, -0.25) is 0 Å². The smallest absolute Gasteiger partial charge is 0.141 e. The maximum atomic E-state index is 13.2. The van der Waals surface area contributed by atoms with Gasteiger partial charge in [-0.25, -0.2) is 4.39 Å². The molecule has 0 radical (unpaired) electrons. The molecule has 0 heterocycles. The molecule has 0 bridgehead atoms. The summed E-state index contributed by atoms with van der Waals surface area (Å²) in [5, 5.41) is 13.2. The van der Waals surface area contributed by atoms with Crippen molar-refractivity contribution in [2.45, 2.75) is 26.3 Å². The minimum Gasteiger partial charge on any atom is -0.396 e. The van der Waals surface area contributed by atoms with Gasteiger partial charge in [0.1, 0.15) is 5.82 Å². The van der Waals surface area contributed by atoms with Gasteiger partial charge in [0.15, 0.2) is 0 Å². The van der Waals surface area contributed by atoms with E-state index in [9.17, 15) is 9.50 Å². The molecule has 0 saturated carbocycles. The Kier molecular flexibility index (Phi) is 6.58. The number of hydrogen-bond donors (Lipinski definition) is 2. The molecule has 2 aromatic carbocycles. The van der Waals surface area contributed by atoms with Crippen molar-refractivity contribution < 1.29 is 9.50 Å². The summed E-state index contributed by atoms with van der Waals surface area (Å²) in [4.78, 5) is 0. The van der Waals surface area contributed by atoms with Crippen LogP contribution in [0.1, 0.15) is 29.7 Å². The lowest BCUT2D eigenvalue weighted by Gasteiger charge is -2.20. The summed E-state index contributed by atoms with van der Waals surface area (Å²) in [6, 6.07) is 13.0. The quantitative estimate of drug-likeness (QED) is 0.791. The first-order chi connectivity index (χ1) is 11.0. The van der Waals surface area contributed by atoms with E-state index < -0.39 is 5.82 Å². The van der Waals surface area contributed by atoms with Crippen molar-refractivity contribution in [3.8, 4) is 0 Å². The van der Waals surface area contributed by atoms with Crippen molar-refractivity contribution >= 4 is 11.6 Å². The Morgan fingerprint density at radius 3 is 2.61 bits per heavy atom. The lowest BCUT2D eigenvalue weighted by Crippen LogP contribution is -2.29. The van der Waals surface area contributed by atoms with E-state index in [4.69, 9.17) is 11.6 Å². The molecular formula is C19H23ClFNO. The molecule has 2 N–H and O–H groups in total. The van der Waals surface area contributed by atoms with E-state index in [1.807, 2.05) is 19.1 Å². The lowest BCUT2D eigenvalue weighted by atomic mass is 9.96. The van der Waals surface area contributed by atoms with Gasteiger partial charge in [0.2, 0.25) is 0 Å². The summed E-state index contributed by atoms with van der Waals surface area (Å²) in [7, 11) is 0. The van der Waals surface area contributed by atoms with Crippen molar-refractivity contribution in [2.75, 3.05) is 13.2 Å². The first-order valence-corrected chi connectivity index (χ1v) is 8.22. The largest absolute Gasteiger partial charge is 0.396 e. The second-order valence-corrected chi connectivity index (χ2v) is 6.39. The van der Waals surface area contributed by atoms with Gasteiger partial charge < -0.3 is 10.4 Å². The van der Waals surface area contributed by atoms with Crippen LogP contribution >= 0.6 is 11.6 Å². The summed E-state index contributed by atoms with van der Waals surface area (Å²) < 4.78 is 13.2. The van der Waals surface area contributed by atoms with Crippen molar-refractivity contribution in [3.63, 3.8) is 0 Å². The van der Waals surface area contributed by atoms with Crippen LogP contribution < -0.4 is 5.32 Å². The molecule has 0 aliphatic rings.